The summed E-state index contributed by atoms with van der Waals surface area (Å²) >= 11 is 0. The number of aryl methyl sites for hydroxylation is 1. The minimum atomic E-state index is 0.578. The Morgan fingerprint density at radius 1 is 1.36 bits per heavy atom. The molecule has 0 atom stereocenters. The highest BCUT2D eigenvalue weighted by atomic mass is 15.1. The van der Waals surface area contributed by atoms with E-state index in [-0.39, 0.29) is 0 Å². The summed E-state index contributed by atoms with van der Waals surface area (Å²) < 4.78 is 0. The van der Waals surface area contributed by atoms with Gasteiger partial charge in [-0.3, -0.25) is 0 Å². The molecule has 0 aliphatic heterocycles. The number of hydrogen-bond donors (Lipinski definition) is 0. The highest BCUT2D eigenvalue weighted by molar-refractivity contribution is 5.53. The van der Waals surface area contributed by atoms with E-state index in [0.29, 0.717) is 6.42 Å². The van der Waals surface area contributed by atoms with Crippen molar-refractivity contribution in [2.24, 2.45) is 0 Å². The average Bonchev–Trinajstić information content (AvgIpc) is 2.25. The predicted octanol–water partition coefficient (Wildman–Crippen LogP) is 2.60. The molecule has 2 heteroatoms. The molecule has 0 aromatic heterocycles. The van der Waals surface area contributed by atoms with Crippen LogP contribution in [0.15, 0.2) is 24.3 Å². The van der Waals surface area contributed by atoms with Crippen LogP contribution >= 0.6 is 0 Å². The van der Waals surface area contributed by atoms with Gasteiger partial charge >= 0.3 is 0 Å². The number of nitriles is 1. The van der Waals surface area contributed by atoms with Gasteiger partial charge < -0.3 is 4.90 Å². The largest absolute Gasteiger partial charge is 0.373 e. The fourth-order valence-electron chi connectivity index (χ4n) is 1.52. The Hall–Kier alpha value is -1.49. The third kappa shape index (κ3) is 2.50. The van der Waals surface area contributed by atoms with Crippen molar-refractivity contribution in [2.45, 2.75) is 19.8 Å². The molecular formula is C12H16N2. The number of anilines is 1. The lowest BCUT2D eigenvalue weighted by molar-refractivity contribution is 0.894. The van der Waals surface area contributed by atoms with Crippen molar-refractivity contribution >= 4 is 5.69 Å². The van der Waals surface area contributed by atoms with E-state index in [1.165, 1.54) is 11.3 Å². The van der Waals surface area contributed by atoms with Crippen molar-refractivity contribution in [1.29, 1.82) is 5.26 Å². The first-order valence-electron chi connectivity index (χ1n) is 4.95. The standard InChI is InChI=1S/C12H16N2/c1-3-11-7-4-5-8-12(11)14(2)10-6-9-13/h4-5,7-8H,3,6,10H2,1-2H3. The van der Waals surface area contributed by atoms with Gasteiger partial charge in [0.1, 0.15) is 0 Å². The molecule has 2 nitrogen and oxygen atoms in total. The molecule has 0 fully saturated rings. The molecule has 0 spiro atoms. The van der Waals surface area contributed by atoms with E-state index in [2.05, 4.69) is 36.1 Å². The van der Waals surface area contributed by atoms with E-state index in [9.17, 15) is 0 Å². The molecule has 0 aliphatic carbocycles. The molecule has 0 bridgehead atoms. The highest BCUT2D eigenvalue weighted by Crippen LogP contribution is 2.19. The number of hydrogen-bond acceptors (Lipinski definition) is 2. The Morgan fingerprint density at radius 3 is 2.71 bits per heavy atom. The lowest BCUT2D eigenvalue weighted by Gasteiger charge is -2.20. The third-order valence-electron chi connectivity index (χ3n) is 2.34. The molecule has 0 heterocycles. The van der Waals surface area contributed by atoms with Gasteiger partial charge in [-0.25, -0.2) is 0 Å². The number of rotatable bonds is 4. The van der Waals surface area contributed by atoms with Crippen molar-refractivity contribution in [3.05, 3.63) is 29.8 Å². The summed E-state index contributed by atoms with van der Waals surface area (Å²) in [4.78, 5) is 2.14. The molecule has 1 rings (SSSR count). The van der Waals surface area contributed by atoms with Crippen LogP contribution in [0.1, 0.15) is 18.9 Å². The second-order valence-electron chi connectivity index (χ2n) is 3.31. The minimum absolute atomic E-state index is 0.578. The second-order valence-corrected chi connectivity index (χ2v) is 3.31. The molecule has 0 saturated heterocycles. The van der Waals surface area contributed by atoms with Crippen molar-refractivity contribution in [3.8, 4) is 6.07 Å². The second kappa shape index (κ2) is 5.29. The van der Waals surface area contributed by atoms with Crippen LogP contribution in [0.25, 0.3) is 0 Å². The van der Waals surface area contributed by atoms with Gasteiger partial charge in [0.2, 0.25) is 0 Å². The van der Waals surface area contributed by atoms with Crippen LogP contribution in [0.5, 0.6) is 0 Å². The normalized spacial score (nSPS) is 9.50. The van der Waals surface area contributed by atoms with E-state index in [4.69, 9.17) is 5.26 Å². The van der Waals surface area contributed by atoms with Crippen LogP contribution < -0.4 is 4.90 Å². The smallest absolute Gasteiger partial charge is 0.0640 e. The zero-order valence-electron chi connectivity index (χ0n) is 8.83. The molecule has 0 amide bonds. The lowest BCUT2D eigenvalue weighted by atomic mass is 10.1. The number of para-hydroxylation sites is 1. The summed E-state index contributed by atoms with van der Waals surface area (Å²) in [6.45, 7) is 2.95. The van der Waals surface area contributed by atoms with Crippen molar-refractivity contribution in [2.75, 3.05) is 18.5 Å². The molecule has 0 unspecified atom stereocenters. The number of benzene rings is 1. The fraction of sp³-hybridized carbons (Fsp3) is 0.417. The maximum atomic E-state index is 8.51. The number of nitrogens with zero attached hydrogens (tertiary/aromatic N) is 2. The van der Waals surface area contributed by atoms with Gasteiger partial charge in [-0.15, -0.1) is 0 Å². The maximum Gasteiger partial charge on any atom is 0.0640 e. The van der Waals surface area contributed by atoms with Crippen LogP contribution in [-0.4, -0.2) is 13.6 Å². The Labute approximate surface area is 85.8 Å². The fourth-order valence-corrected chi connectivity index (χ4v) is 1.52. The van der Waals surface area contributed by atoms with Crippen molar-refractivity contribution in [1.82, 2.24) is 0 Å². The van der Waals surface area contributed by atoms with Gasteiger partial charge in [0.25, 0.3) is 0 Å². The van der Waals surface area contributed by atoms with Gasteiger partial charge in [0, 0.05) is 19.3 Å². The van der Waals surface area contributed by atoms with Crippen LogP contribution in [-0.2, 0) is 6.42 Å². The summed E-state index contributed by atoms with van der Waals surface area (Å²) in [5.74, 6) is 0. The van der Waals surface area contributed by atoms with Gasteiger partial charge in [-0.2, -0.15) is 5.26 Å². The first-order valence-corrected chi connectivity index (χ1v) is 4.95. The quantitative estimate of drug-likeness (QED) is 0.726. The summed E-state index contributed by atoms with van der Waals surface area (Å²) in [5.41, 5.74) is 2.58. The monoisotopic (exact) mass is 188 g/mol. The molecular weight excluding hydrogens is 172 g/mol. The summed E-state index contributed by atoms with van der Waals surface area (Å²) in [6, 6.07) is 10.5. The molecule has 1 aromatic carbocycles. The molecule has 0 aliphatic rings. The van der Waals surface area contributed by atoms with Gasteiger partial charge in [0.05, 0.1) is 12.5 Å². The Morgan fingerprint density at radius 2 is 2.07 bits per heavy atom. The van der Waals surface area contributed by atoms with Crippen LogP contribution in [0.4, 0.5) is 5.69 Å². The van der Waals surface area contributed by atoms with Gasteiger partial charge in [-0.05, 0) is 18.1 Å². The summed E-state index contributed by atoms with van der Waals surface area (Å²) in [5, 5.41) is 8.51. The van der Waals surface area contributed by atoms with Crippen molar-refractivity contribution < 1.29 is 0 Å². The van der Waals surface area contributed by atoms with E-state index >= 15 is 0 Å². The molecule has 1 aromatic rings. The molecule has 74 valence electrons. The molecule has 14 heavy (non-hydrogen) atoms. The zero-order valence-corrected chi connectivity index (χ0v) is 8.83. The first-order chi connectivity index (χ1) is 6.79. The third-order valence-corrected chi connectivity index (χ3v) is 2.34. The first kappa shape index (κ1) is 10.6. The van der Waals surface area contributed by atoms with Crippen LogP contribution in [0.2, 0.25) is 0 Å². The lowest BCUT2D eigenvalue weighted by Crippen LogP contribution is -2.19. The maximum absolute atomic E-state index is 8.51. The van der Waals surface area contributed by atoms with Crippen molar-refractivity contribution in [3.63, 3.8) is 0 Å². The van der Waals surface area contributed by atoms with Crippen LogP contribution in [0.3, 0.4) is 0 Å². The summed E-state index contributed by atoms with van der Waals surface area (Å²) in [6.07, 6.45) is 1.61. The van der Waals surface area contributed by atoms with Gasteiger partial charge in [-0.1, -0.05) is 25.1 Å². The Bertz CT molecular complexity index is 325. The highest BCUT2D eigenvalue weighted by Gasteiger charge is 2.03. The average molecular weight is 188 g/mol. The zero-order chi connectivity index (χ0) is 10.4. The topological polar surface area (TPSA) is 27.0 Å². The van der Waals surface area contributed by atoms with E-state index in [1.807, 2.05) is 13.1 Å². The van der Waals surface area contributed by atoms with E-state index in [0.717, 1.165) is 13.0 Å². The molecule has 0 N–H and O–H groups in total. The molecule has 0 saturated carbocycles. The summed E-state index contributed by atoms with van der Waals surface area (Å²) in [7, 11) is 2.03. The minimum Gasteiger partial charge on any atom is -0.373 e. The predicted molar refractivity (Wildman–Crippen MR) is 59.3 cm³/mol. The van der Waals surface area contributed by atoms with Gasteiger partial charge in [0.15, 0.2) is 0 Å². The molecule has 0 radical (unpaired) electrons. The van der Waals surface area contributed by atoms with Crippen LogP contribution in [0, 0.1) is 11.3 Å². The SMILES string of the molecule is CCc1ccccc1N(C)CCC#N. The Balaban J connectivity index is 2.78. The Kier molecular flexibility index (Phi) is 4.00. The van der Waals surface area contributed by atoms with E-state index < -0.39 is 0 Å². The van der Waals surface area contributed by atoms with E-state index in [1.54, 1.807) is 0 Å².